The van der Waals surface area contributed by atoms with Gasteiger partial charge >= 0.3 is 0 Å². The lowest BCUT2D eigenvalue weighted by Crippen LogP contribution is -2.59. The maximum atomic E-state index is 14.1. The smallest absolute Gasteiger partial charge is 0.155 e. The van der Waals surface area contributed by atoms with Crippen molar-refractivity contribution in [3.05, 3.63) is 65.5 Å². The van der Waals surface area contributed by atoms with E-state index in [-0.39, 0.29) is 23.8 Å². The van der Waals surface area contributed by atoms with Crippen molar-refractivity contribution in [3.63, 3.8) is 0 Å². The largest absolute Gasteiger partial charge is 0.380 e. The van der Waals surface area contributed by atoms with Crippen LogP contribution in [0.4, 0.5) is 10.1 Å². The van der Waals surface area contributed by atoms with Crippen molar-refractivity contribution >= 4 is 11.5 Å². The fraction of sp³-hybridized carbons (Fsp3) is 0.552. The third kappa shape index (κ3) is 5.16. The number of rotatable bonds is 6. The van der Waals surface area contributed by atoms with Crippen LogP contribution in [0.3, 0.4) is 0 Å². The minimum Gasteiger partial charge on any atom is -0.380 e. The molecule has 1 N–H and O–H groups in total. The Labute approximate surface area is 197 Å². The molecule has 2 heterocycles. The quantitative estimate of drug-likeness (QED) is 0.574. The molecule has 1 aliphatic carbocycles. The summed E-state index contributed by atoms with van der Waals surface area (Å²) in [6, 6.07) is 15.9. The normalized spacial score (nSPS) is 25.1. The second kappa shape index (κ2) is 10.4. The zero-order valence-electron chi connectivity index (χ0n) is 19.6. The number of halogens is 1. The number of piperidine rings is 1. The van der Waals surface area contributed by atoms with Crippen molar-refractivity contribution < 1.29 is 9.18 Å². The molecule has 176 valence electrons. The molecule has 1 saturated heterocycles. The van der Waals surface area contributed by atoms with Gasteiger partial charge in [0.1, 0.15) is 5.82 Å². The van der Waals surface area contributed by atoms with Crippen LogP contribution in [0, 0.1) is 11.7 Å². The number of carbonyl (C=O) groups excluding carboxylic acids is 1. The first-order valence-electron chi connectivity index (χ1n) is 13.1. The molecule has 0 bridgehead atoms. The minimum atomic E-state index is -0.185. The van der Waals surface area contributed by atoms with Gasteiger partial charge in [-0.2, -0.15) is 0 Å². The molecular formula is C29H37FN2O. The molecule has 4 heteroatoms. The zero-order chi connectivity index (χ0) is 22.6. The predicted octanol–water partition coefficient (Wildman–Crippen LogP) is 6.17. The molecule has 2 aromatic carbocycles. The van der Waals surface area contributed by atoms with Gasteiger partial charge in [-0.05, 0) is 80.8 Å². The van der Waals surface area contributed by atoms with Gasteiger partial charge in [0.2, 0.25) is 0 Å². The van der Waals surface area contributed by atoms with Gasteiger partial charge in [-0.25, -0.2) is 4.39 Å². The van der Waals surface area contributed by atoms with Crippen LogP contribution < -0.4 is 5.32 Å². The number of fused-ring (bicyclic) bond motifs is 1. The molecule has 2 aromatic rings. The average Bonchev–Trinajstić information content (AvgIpc) is 2.87. The second-order valence-corrected chi connectivity index (χ2v) is 10.3. The molecule has 3 atom stereocenters. The zero-order valence-corrected chi connectivity index (χ0v) is 19.6. The van der Waals surface area contributed by atoms with E-state index in [0.29, 0.717) is 11.8 Å². The molecule has 0 amide bonds. The molecule has 0 aromatic heterocycles. The van der Waals surface area contributed by atoms with E-state index in [4.69, 9.17) is 0 Å². The number of benzene rings is 2. The first-order chi connectivity index (χ1) is 16.2. The Morgan fingerprint density at radius 2 is 1.70 bits per heavy atom. The number of para-hydroxylation sites is 1. The van der Waals surface area contributed by atoms with E-state index >= 15 is 0 Å². The van der Waals surface area contributed by atoms with Gasteiger partial charge in [-0.3, -0.25) is 9.69 Å². The van der Waals surface area contributed by atoms with Gasteiger partial charge in [-0.15, -0.1) is 0 Å². The van der Waals surface area contributed by atoms with E-state index in [1.807, 2.05) is 12.1 Å². The first kappa shape index (κ1) is 22.6. The lowest BCUT2D eigenvalue weighted by Gasteiger charge is -2.46. The Morgan fingerprint density at radius 1 is 0.939 bits per heavy atom. The number of nitrogens with zero attached hydrogens (tertiary/aromatic N) is 1. The summed E-state index contributed by atoms with van der Waals surface area (Å²) in [5.41, 5.74) is 3.72. The Kier molecular flexibility index (Phi) is 7.10. The van der Waals surface area contributed by atoms with Crippen LogP contribution in [0.5, 0.6) is 0 Å². The fourth-order valence-corrected chi connectivity index (χ4v) is 6.42. The third-order valence-electron chi connectivity index (χ3n) is 8.18. The molecule has 5 rings (SSSR count). The van der Waals surface area contributed by atoms with Crippen molar-refractivity contribution in [1.82, 2.24) is 4.90 Å². The topological polar surface area (TPSA) is 32.3 Å². The van der Waals surface area contributed by atoms with Gasteiger partial charge in [0, 0.05) is 23.7 Å². The molecule has 2 fully saturated rings. The highest BCUT2D eigenvalue weighted by atomic mass is 19.1. The monoisotopic (exact) mass is 448 g/mol. The average molecular weight is 449 g/mol. The number of hydrogen-bond acceptors (Lipinski definition) is 3. The highest BCUT2D eigenvalue weighted by Crippen LogP contribution is 2.34. The van der Waals surface area contributed by atoms with Crippen LogP contribution in [0.1, 0.15) is 68.9 Å². The maximum absolute atomic E-state index is 14.1. The number of anilines is 1. The molecule has 3 unspecified atom stereocenters. The SMILES string of the molecule is O=C(C1CCCCC1)C(C1CCc2ccccc2N1)N1CCCCC1Cc1ccc(F)cc1. The minimum absolute atomic E-state index is 0.0767. The van der Waals surface area contributed by atoms with Crippen LogP contribution in [0.15, 0.2) is 48.5 Å². The predicted molar refractivity (Wildman–Crippen MR) is 132 cm³/mol. The summed E-state index contributed by atoms with van der Waals surface area (Å²) in [6.45, 7) is 0.981. The van der Waals surface area contributed by atoms with E-state index in [1.165, 1.54) is 42.5 Å². The van der Waals surface area contributed by atoms with Crippen molar-refractivity contribution in [3.8, 4) is 0 Å². The van der Waals surface area contributed by atoms with Gasteiger partial charge in [0.15, 0.2) is 5.78 Å². The number of ketones is 1. The molecule has 3 nitrogen and oxygen atoms in total. The highest BCUT2D eigenvalue weighted by molar-refractivity contribution is 5.88. The van der Waals surface area contributed by atoms with Gasteiger partial charge in [-0.1, -0.05) is 56.0 Å². The van der Waals surface area contributed by atoms with Crippen LogP contribution in [-0.4, -0.2) is 35.4 Å². The Morgan fingerprint density at radius 3 is 2.52 bits per heavy atom. The van der Waals surface area contributed by atoms with E-state index in [9.17, 15) is 9.18 Å². The van der Waals surface area contributed by atoms with Gasteiger partial charge < -0.3 is 5.32 Å². The van der Waals surface area contributed by atoms with E-state index in [0.717, 1.165) is 51.5 Å². The van der Waals surface area contributed by atoms with Crippen LogP contribution in [0.2, 0.25) is 0 Å². The van der Waals surface area contributed by atoms with E-state index in [1.54, 1.807) is 12.1 Å². The van der Waals surface area contributed by atoms with Crippen molar-refractivity contribution in [2.24, 2.45) is 5.92 Å². The van der Waals surface area contributed by atoms with E-state index < -0.39 is 0 Å². The van der Waals surface area contributed by atoms with Crippen LogP contribution >= 0.6 is 0 Å². The third-order valence-corrected chi connectivity index (χ3v) is 8.18. The summed E-state index contributed by atoms with van der Waals surface area (Å²) in [5, 5.41) is 3.79. The number of aryl methyl sites for hydroxylation is 1. The van der Waals surface area contributed by atoms with Gasteiger partial charge in [0.05, 0.1) is 6.04 Å². The number of hydrogen-bond donors (Lipinski definition) is 1. The highest BCUT2D eigenvalue weighted by Gasteiger charge is 2.42. The van der Waals surface area contributed by atoms with Crippen molar-refractivity contribution in [1.29, 1.82) is 0 Å². The number of Topliss-reactive ketones (excluding diaryl/α,β-unsaturated/α-hetero) is 1. The molecule has 33 heavy (non-hydrogen) atoms. The lowest BCUT2D eigenvalue weighted by molar-refractivity contribution is -0.131. The van der Waals surface area contributed by atoms with Crippen LogP contribution in [-0.2, 0) is 17.6 Å². The Hall–Kier alpha value is -2.20. The van der Waals surface area contributed by atoms with Crippen molar-refractivity contribution in [2.75, 3.05) is 11.9 Å². The summed E-state index contributed by atoms with van der Waals surface area (Å²) in [4.78, 5) is 16.7. The van der Waals surface area contributed by atoms with Crippen molar-refractivity contribution in [2.45, 2.75) is 88.8 Å². The molecule has 0 radical (unpaired) electrons. The number of carbonyl (C=O) groups is 1. The number of nitrogens with one attached hydrogen (secondary N) is 1. The molecule has 3 aliphatic rings. The Bertz CT molecular complexity index is 937. The maximum Gasteiger partial charge on any atom is 0.155 e. The molecule has 2 aliphatic heterocycles. The Balaban J connectivity index is 1.42. The number of likely N-dealkylation sites (tertiary alicyclic amines) is 1. The van der Waals surface area contributed by atoms with Gasteiger partial charge in [0.25, 0.3) is 0 Å². The molecule has 0 spiro atoms. The lowest BCUT2D eigenvalue weighted by atomic mass is 9.78. The summed E-state index contributed by atoms with van der Waals surface area (Å²) in [7, 11) is 0. The molecule has 1 saturated carbocycles. The first-order valence-corrected chi connectivity index (χ1v) is 13.1. The summed E-state index contributed by atoms with van der Waals surface area (Å²) in [6.07, 6.45) is 12.1. The summed E-state index contributed by atoms with van der Waals surface area (Å²) in [5.74, 6) is 0.489. The molecular weight excluding hydrogens is 411 g/mol. The second-order valence-electron chi connectivity index (χ2n) is 10.3. The fourth-order valence-electron chi connectivity index (χ4n) is 6.42. The van der Waals surface area contributed by atoms with E-state index in [2.05, 4.69) is 34.5 Å². The standard InChI is InChI=1S/C29H37FN2O/c30-24-16-13-21(14-17-24)20-25-11-6-7-19-32(25)28(29(33)23-9-2-1-3-10-23)27-18-15-22-8-4-5-12-26(22)31-27/h4-5,8,12-14,16-17,23,25,27-28,31H,1-3,6-7,9-11,15,18-20H2. The van der Waals surface area contributed by atoms with Crippen LogP contribution in [0.25, 0.3) is 0 Å². The summed E-state index contributed by atoms with van der Waals surface area (Å²) >= 11 is 0. The summed E-state index contributed by atoms with van der Waals surface area (Å²) < 4.78 is 13.5.